The van der Waals surface area contributed by atoms with Crippen LogP contribution < -0.4 is 9.73 Å². The molecule has 0 fully saturated rings. The Kier molecular flexibility index (Phi) is 6.98. The van der Waals surface area contributed by atoms with Crippen LogP contribution in [0.3, 0.4) is 0 Å². The van der Waals surface area contributed by atoms with Crippen molar-refractivity contribution in [3.8, 4) is 0 Å². The molecule has 0 heterocycles. The number of amides is 1. The van der Waals surface area contributed by atoms with Gasteiger partial charge in [0, 0.05) is 10.7 Å². The Labute approximate surface area is 164 Å². The summed E-state index contributed by atoms with van der Waals surface area (Å²) in [5.41, 5.74) is 4.51. The zero-order valence-corrected chi connectivity index (χ0v) is 17.0. The van der Waals surface area contributed by atoms with Gasteiger partial charge in [-0.2, -0.15) is 5.10 Å². The molecule has 0 saturated carbocycles. The van der Waals surface area contributed by atoms with Crippen molar-refractivity contribution < 1.29 is 13.2 Å². The number of sulfonamides is 1. The minimum absolute atomic E-state index is 0.0496. The number of halogens is 1. The highest BCUT2D eigenvalue weighted by atomic mass is 35.5. The molecule has 0 radical (unpaired) electrons. The smallest absolute Gasteiger partial charge is 0.264 e. The van der Waals surface area contributed by atoms with E-state index in [4.69, 9.17) is 11.6 Å². The number of carbonyl (C=O) groups is 1. The summed E-state index contributed by atoms with van der Waals surface area (Å²) in [6.07, 6.45) is 0.686. The quantitative estimate of drug-likeness (QED) is 0.560. The van der Waals surface area contributed by atoms with Crippen molar-refractivity contribution in [1.82, 2.24) is 5.43 Å². The van der Waals surface area contributed by atoms with Crippen molar-refractivity contribution in [2.24, 2.45) is 5.10 Å². The van der Waals surface area contributed by atoms with E-state index in [1.54, 1.807) is 31.2 Å². The van der Waals surface area contributed by atoms with E-state index in [9.17, 15) is 13.2 Å². The molecule has 0 unspecified atom stereocenters. The lowest BCUT2D eigenvalue weighted by molar-refractivity contribution is -0.119. The lowest BCUT2D eigenvalue weighted by atomic mass is 10.2. The number of hydrogen-bond acceptors (Lipinski definition) is 4. The van der Waals surface area contributed by atoms with Gasteiger partial charge in [-0.15, -0.1) is 0 Å². The normalized spacial score (nSPS) is 11.9. The predicted octanol–water partition coefficient (Wildman–Crippen LogP) is 3.75. The molecule has 2 rings (SSSR count). The van der Waals surface area contributed by atoms with Gasteiger partial charge in [0.25, 0.3) is 15.9 Å². The molecule has 0 aromatic heterocycles. The Hall–Kier alpha value is -2.38. The highest BCUT2D eigenvalue weighted by molar-refractivity contribution is 7.92. The lowest BCUT2D eigenvalue weighted by Crippen LogP contribution is -2.39. The van der Waals surface area contributed by atoms with E-state index in [0.717, 1.165) is 15.6 Å². The molecular formula is C19H22ClN3O3S. The minimum Gasteiger partial charge on any atom is -0.271 e. The van der Waals surface area contributed by atoms with Crippen LogP contribution in [0, 0.1) is 6.92 Å². The molecule has 0 saturated heterocycles. The summed E-state index contributed by atoms with van der Waals surface area (Å²) in [5.74, 6) is -0.527. The molecule has 2 aromatic carbocycles. The molecule has 27 heavy (non-hydrogen) atoms. The molecule has 2 aromatic rings. The Morgan fingerprint density at radius 3 is 2.26 bits per heavy atom. The molecule has 0 bridgehead atoms. The fraction of sp³-hybridized carbons (Fsp3) is 0.263. The third kappa shape index (κ3) is 5.55. The maximum Gasteiger partial charge on any atom is 0.264 e. The van der Waals surface area contributed by atoms with E-state index in [-0.39, 0.29) is 4.90 Å². The number of carbonyl (C=O) groups excluding carboxylic acids is 1. The Bertz CT molecular complexity index is 924. The first-order valence-corrected chi connectivity index (χ1v) is 10.2. The summed E-state index contributed by atoms with van der Waals surface area (Å²) >= 11 is 5.86. The first-order valence-electron chi connectivity index (χ1n) is 8.41. The molecule has 144 valence electrons. The highest BCUT2D eigenvalue weighted by Gasteiger charge is 2.27. The maximum atomic E-state index is 13.1. The fourth-order valence-corrected chi connectivity index (χ4v) is 3.71. The SMILES string of the molecule is CC/C(C)=N\NC(=O)CN(c1ccc(C)cc1)S(=O)(=O)c1ccc(Cl)cc1. The van der Waals surface area contributed by atoms with Crippen LogP contribution in [0.25, 0.3) is 0 Å². The van der Waals surface area contributed by atoms with Crippen LogP contribution >= 0.6 is 11.6 Å². The molecule has 0 spiro atoms. The van der Waals surface area contributed by atoms with Gasteiger partial charge in [0.1, 0.15) is 6.54 Å². The van der Waals surface area contributed by atoms with E-state index in [1.165, 1.54) is 24.3 Å². The average molecular weight is 408 g/mol. The van der Waals surface area contributed by atoms with Crippen molar-refractivity contribution in [3.63, 3.8) is 0 Å². The van der Waals surface area contributed by atoms with Crippen LogP contribution in [0.1, 0.15) is 25.8 Å². The second kappa shape index (κ2) is 9.01. The number of hydrogen-bond donors (Lipinski definition) is 1. The van der Waals surface area contributed by atoms with Gasteiger partial charge in [-0.1, -0.05) is 36.2 Å². The minimum atomic E-state index is -3.96. The first kappa shape index (κ1) is 20.9. The molecule has 0 aliphatic carbocycles. The lowest BCUT2D eigenvalue weighted by Gasteiger charge is -2.24. The van der Waals surface area contributed by atoms with E-state index < -0.39 is 22.5 Å². The van der Waals surface area contributed by atoms with E-state index in [2.05, 4.69) is 10.5 Å². The number of anilines is 1. The number of rotatable bonds is 7. The van der Waals surface area contributed by atoms with Crippen molar-refractivity contribution in [2.45, 2.75) is 32.1 Å². The topological polar surface area (TPSA) is 78.8 Å². The van der Waals surface area contributed by atoms with E-state index in [1.807, 2.05) is 13.8 Å². The van der Waals surface area contributed by atoms with Gasteiger partial charge in [-0.25, -0.2) is 13.8 Å². The van der Waals surface area contributed by atoms with Gasteiger partial charge in [0.15, 0.2) is 0 Å². The molecule has 0 aliphatic rings. The zero-order valence-electron chi connectivity index (χ0n) is 15.4. The van der Waals surface area contributed by atoms with Crippen LogP contribution in [-0.4, -0.2) is 26.6 Å². The summed E-state index contributed by atoms with van der Waals surface area (Å²) in [6, 6.07) is 12.7. The number of benzene rings is 2. The van der Waals surface area contributed by atoms with Crippen LogP contribution in [-0.2, 0) is 14.8 Å². The van der Waals surface area contributed by atoms with E-state index in [0.29, 0.717) is 17.1 Å². The molecule has 6 nitrogen and oxygen atoms in total. The third-order valence-corrected chi connectivity index (χ3v) is 5.93. The largest absolute Gasteiger partial charge is 0.271 e. The van der Waals surface area contributed by atoms with Gasteiger partial charge in [0.2, 0.25) is 0 Å². The summed E-state index contributed by atoms with van der Waals surface area (Å²) in [4.78, 5) is 12.4. The van der Waals surface area contributed by atoms with E-state index >= 15 is 0 Å². The number of hydrazone groups is 1. The first-order chi connectivity index (χ1) is 12.7. The standard InChI is InChI=1S/C19H22ClN3O3S/c1-4-15(3)21-22-19(24)13-23(17-9-5-14(2)6-10-17)27(25,26)18-11-7-16(20)8-12-18/h5-12H,4,13H2,1-3H3,(H,22,24)/b21-15-. The second-order valence-electron chi connectivity index (χ2n) is 6.04. The maximum absolute atomic E-state index is 13.1. The monoisotopic (exact) mass is 407 g/mol. The van der Waals surface area contributed by atoms with Crippen molar-refractivity contribution >= 4 is 38.9 Å². The van der Waals surface area contributed by atoms with Gasteiger partial charge in [-0.3, -0.25) is 9.10 Å². The van der Waals surface area contributed by atoms with Gasteiger partial charge in [0.05, 0.1) is 10.6 Å². The number of aryl methyl sites for hydroxylation is 1. The average Bonchev–Trinajstić information content (AvgIpc) is 2.65. The molecule has 1 N–H and O–H groups in total. The van der Waals surface area contributed by atoms with Gasteiger partial charge < -0.3 is 0 Å². The fourth-order valence-electron chi connectivity index (χ4n) is 2.16. The second-order valence-corrected chi connectivity index (χ2v) is 8.34. The molecule has 0 atom stereocenters. The predicted molar refractivity (Wildman–Crippen MR) is 109 cm³/mol. The zero-order chi connectivity index (χ0) is 20.0. The Morgan fingerprint density at radius 2 is 1.70 bits per heavy atom. The number of nitrogens with zero attached hydrogens (tertiary/aromatic N) is 2. The summed E-state index contributed by atoms with van der Waals surface area (Å²) < 4.78 is 27.3. The third-order valence-electron chi connectivity index (χ3n) is 3.89. The van der Waals surface area contributed by atoms with Crippen molar-refractivity contribution in [3.05, 3.63) is 59.1 Å². The Balaban J connectivity index is 2.39. The van der Waals surface area contributed by atoms with Crippen LogP contribution in [0.5, 0.6) is 0 Å². The molecule has 0 aliphatic heterocycles. The summed E-state index contributed by atoms with van der Waals surface area (Å²) in [6.45, 7) is 5.20. The Morgan fingerprint density at radius 1 is 1.11 bits per heavy atom. The summed E-state index contributed by atoms with van der Waals surface area (Å²) in [7, 11) is -3.96. The number of nitrogens with one attached hydrogen (secondary N) is 1. The summed E-state index contributed by atoms with van der Waals surface area (Å²) in [5, 5.41) is 4.38. The molecule has 1 amide bonds. The molecule has 8 heteroatoms. The van der Waals surface area contributed by atoms with Crippen molar-refractivity contribution in [1.29, 1.82) is 0 Å². The van der Waals surface area contributed by atoms with Crippen LogP contribution in [0.4, 0.5) is 5.69 Å². The van der Waals surface area contributed by atoms with Crippen molar-refractivity contribution in [2.75, 3.05) is 10.8 Å². The molecular weight excluding hydrogens is 386 g/mol. The van der Waals surface area contributed by atoms with Gasteiger partial charge >= 0.3 is 0 Å². The van der Waals surface area contributed by atoms with Gasteiger partial charge in [-0.05, 0) is 56.7 Å². The van der Waals surface area contributed by atoms with Crippen LogP contribution in [0.15, 0.2) is 58.5 Å². The highest BCUT2D eigenvalue weighted by Crippen LogP contribution is 2.25. The van der Waals surface area contributed by atoms with Crippen LogP contribution in [0.2, 0.25) is 5.02 Å².